The van der Waals surface area contributed by atoms with Crippen LogP contribution in [0.4, 0.5) is 15.8 Å². The lowest BCUT2D eigenvalue weighted by atomic mass is 9.93. The van der Waals surface area contributed by atoms with E-state index in [0.29, 0.717) is 73.5 Å². The zero-order chi connectivity index (χ0) is 41.4. The third-order valence-corrected chi connectivity index (χ3v) is 13.2. The Bertz CT molecular complexity index is 2070. The number of rotatable bonds is 13. The standard InChI is InChI=1S/C46H57FN8O4/c1-30-9-7-11-38(47)36(30)27-52-28-37(41(29-52)50(3)4)32-14-16-34(17-15-32)53-23-21-51(22-24-53)20-6-5-19-48-43(56)33-25-54(26-33)39-12-8-10-35-42(39)46(59)55(45(35)58)40-18-13-31(2)49-44(40)57/h7-12,14-17,33,37,40-41H,2,5-6,13,18-29H2,1,3-4H3,(H,48,56)(H,49,57). The van der Waals surface area contributed by atoms with Gasteiger partial charge in [-0.2, -0.15) is 0 Å². The number of carbonyl (C=O) groups is 4. The number of hydrogen-bond acceptors (Lipinski definition) is 9. The van der Waals surface area contributed by atoms with E-state index in [4.69, 9.17) is 0 Å². The van der Waals surface area contributed by atoms with E-state index >= 15 is 0 Å². The van der Waals surface area contributed by atoms with Crippen molar-refractivity contribution in [1.29, 1.82) is 0 Å². The number of halogens is 1. The van der Waals surface area contributed by atoms with Crippen LogP contribution < -0.4 is 20.4 Å². The summed E-state index contributed by atoms with van der Waals surface area (Å²) in [4.78, 5) is 65.2. The number of piperazine rings is 1. The Labute approximate surface area is 347 Å². The molecule has 59 heavy (non-hydrogen) atoms. The number of hydrogen-bond donors (Lipinski definition) is 2. The minimum Gasteiger partial charge on any atom is -0.369 e. The molecule has 5 aliphatic heterocycles. The van der Waals surface area contributed by atoms with E-state index in [-0.39, 0.29) is 23.5 Å². The molecule has 4 saturated heterocycles. The Balaban J connectivity index is 0.742. The van der Waals surface area contributed by atoms with Gasteiger partial charge in [-0.05, 0) is 94.7 Å². The largest absolute Gasteiger partial charge is 0.369 e. The van der Waals surface area contributed by atoms with E-state index in [1.807, 2.05) is 24.0 Å². The predicted molar refractivity (Wildman–Crippen MR) is 227 cm³/mol. The molecular weight excluding hydrogens is 748 g/mol. The molecule has 3 aromatic carbocycles. The molecule has 13 heteroatoms. The normalized spacial score (nSPS) is 22.9. The van der Waals surface area contributed by atoms with Crippen LogP contribution in [-0.4, -0.2) is 135 Å². The fourth-order valence-electron chi connectivity index (χ4n) is 9.60. The van der Waals surface area contributed by atoms with Crippen LogP contribution in [0, 0.1) is 18.7 Å². The minimum atomic E-state index is -0.860. The highest BCUT2D eigenvalue weighted by Crippen LogP contribution is 2.37. The fourth-order valence-corrected chi connectivity index (χ4v) is 9.60. The van der Waals surface area contributed by atoms with Gasteiger partial charge in [0.2, 0.25) is 11.8 Å². The summed E-state index contributed by atoms with van der Waals surface area (Å²) in [6, 6.07) is 19.1. The summed E-state index contributed by atoms with van der Waals surface area (Å²) >= 11 is 0. The number of aryl methyl sites for hydroxylation is 1. The summed E-state index contributed by atoms with van der Waals surface area (Å²) in [5, 5.41) is 5.78. The van der Waals surface area contributed by atoms with E-state index in [1.165, 1.54) is 11.3 Å². The molecule has 8 rings (SSSR count). The van der Waals surface area contributed by atoms with Crippen LogP contribution in [0.3, 0.4) is 0 Å². The van der Waals surface area contributed by atoms with Crippen molar-refractivity contribution in [2.24, 2.45) is 5.92 Å². The lowest BCUT2D eigenvalue weighted by Gasteiger charge is -2.40. The summed E-state index contributed by atoms with van der Waals surface area (Å²) in [6.07, 6.45) is 2.76. The molecule has 0 aromatic heterocycles. The van der Waals surface area contributed by atoms with Crippen molar-refractivity contribution in [3.05, 3.63) is 107 Å². The zero-order valence-corrected chi connectivity index (χ0v) is 34.6. The molecule has 0 bridgehead atoms. The van der Waals surface area contributed by atoms with E-state index in [1.54, 1.807) is 24.3 Å². The number of likely N-dealkylation sites (tertiary alicyclic amines) is 1. The molecule has 12 nitrogen and oxygen atoms in total. The van der Waals surface area contributed by atoms with Gasteiger partial charge in [0.15, 0.2) is 0 Å². The molecule has 0 radical (unpaired) electrons. The summed E-state index contributed by atoms with van der Waals surface area (Å²) in [5.74, 6) is -1.25. The smallest absolute Gasteiger partial charge is 0.264 e. The van der Waals surface area contributed by atoms with Crippen molar-refractivity contribution in [3.8, 4) is 0 Å². The monoisotopic (exact) mass is 804 g/mol. The van der Waals surface area contributed by atoms with E-state index < -0.39 is 17.9 Å². The van der Waals surface area contributed by atoms with Crippen LogP contribution >= 0.6 is 0 Å². The molecule has 5 heterocycles. The van der Waals surface area contributed by atoms with Crippen LogP contribution in [0.1, 0.15) is 69.0 Å². The number of piperidine rings is 1. The minimum absolute atomic E-state index is 0.0109. The SMILES string of the molecule is C=C1CCC(N2C(=O)c3cccc(N4CC(C(=O)NCCCCN5CCN(c6ccc(C7CN(Cc8c(C)cccc8F)CC7N(C)C)cc6)CC5)C4)c3C2=O)C(=O)N1. The second-order valence-corrected chi connectivity index (χ2v) is 17.2. The molecule has 0 saturated carbocycles. The second kappa shape index (κ2) is 17.2. The van der Waals surface area contributed by atoms with Crippen molar-refractivity contribution < 1.29 is 23.6 Å². The maximum Gasteiger partial charge on any atom is 0.264 e. The fraction of sp³-hybridized carbons (Fsp3) is 0.478. The number of carbonyl (C=O) groups excluding carboxylic acids is 4. The average molecular weight is 805 g/mol. The number of nitrogens with zero attached hydrogens (tertiary/aromatic N) is 6. The second-order valence-electron chi connectivity index (χ2n) is 17.2. The van der Waals surface area contributed by atoms with Gasteiger partial charge in [-0.15, -0.1) is 0 Å². The average Bonchev–Trinajstić information content (AvgIpc) is 3.74. The van der Waals surface area contributed by atoms with Crippen LogP contribution in [0.15, 0.2) is 72.9 Å². The lowest BCUT2D eigenvalue weighted by molar-refractivity contribution is -0.126. The molecule has 2 N–H and O–H groups in total. The van der Waals surface area contributed by atoms with E-state index in [2.05, 4.69) is 75.2 Å². The number of nitrogens with one attached hydrogen (secondary N) is 2. The molecule has 312 valence electrons. The molecule has 3 unspecified atom stereocenters. The molecule has 4 amide bonds. The third kappa shape index (κ3) is 8.37. The summed E-state index contributed by atoms with van der Waals surface area (Å²) in [7, 11) is 4.29. The van der Waals surface area contributed by atoms with Gasteiger partial charge < -0.3 is 25.3 Å². The molecule has 3 atom stereocenters. The third-order valence-electron chi connectivity index (χ3n) is 13.2. The van der Waals surface area contributed by atoms with Gasteiger partial charge in [0.05, 0.1) is 22.7 Å². The highest BCUT2D eigenvalue weighted by atomic mass is 19.1. The van der Waals surface area contributed by atoms with Crippen LogP contribution in [0.25, 0.3) is 0 Å². The lowest BCUT2D eigenvalue weighted by Crippen LogP contribution is -2.54. The Hall–Kier alpha value is -5.11. The quantitative estimate of drug-likeness (QED) is 0.194. The Morgan fingerprint density at radius 2 is 1.63 bits per heavy atom. The maximum absolute atomic E-state index is 14.6. The first-order valence-electron chi connectivity index (χ1n) is 21.2. The Morgan fingerprint density at radius 1 is 0.881 bits per heavy atom. The van der Waals surface area contributed by atoms with Gasteiger partial charge in [-0.1, -0.05) is 36.9 Å². The van der Waals surface area contributed by atoms with Gasteiger partial charge >= 0.3 is 0 Å². The highest BCUT2D eigenvalue weighted by Gasteiger charge is 2.47. The van der Waals surface area contributed by atoms with Crippen molar-refractivity contribution in [1.82, 2.24) is 30.2 Å². The number of fused-ring (bicyclic) bond motifs is 1. The van der Waals surface area contributed by atoms with E-state index in [9.17, 15) is 23.6 Å². The number of amides is 4. The first-order valence-corrected chi connectivity index (χ1v) is 21.2. The van der Waals surface area contributed by atoms with Gasteiger partial charge in [0.1, 0.15) is 11.9 Å². The van der Waals surface area contributed by atoms with Gasteiger partial charge in [-0.25, -0.2) is 4.39 Å². The Kier molecular flexibility index (Phi) is 11.9. The van der Waals surface area contributed by atoms with Crippen LogP contribution in [-0.2, 0) is 16.1 Å². The number of allylic oxidation sites excluding steroid dienone is 1. The maximum atomic E-state index is 14.6. The van der Waals surface area contributed by atoms with Gasteiger partial charge in [-0.3, -0.25) is 33.9 Å². The highest BCUT2D eigenvalue weighted by molar-refractivity contribution is 6.25. The topological polar surface area (TPSA) is 112 Å². The zero-order valence-electron chi connectivity index (χ0n) is 34.6. The predicted octanol–water partition coefficient (Wildman–Crippen LogP) is 4.21. The van der Waals surface area contributed by atoms with Crippen LogP contribution in [0.5, 0.6) is 0 Å². The van der Waals surface area contributed by atoms with Crippen molar-refractivity contribution in [2.45, 2.75) is 57.2 Å². The number of likely N-dealkylation sites (N-methyl/N-ethyl adjacent to an activating group) is 1. The van der Waals surface area contributed by atoms with Crippen molar-refractivity contribution >= 4 is 35.0 Å². The first-order chi connectivity index (χ1) is 28.5. The summed E-state index contributed by atoms with van der Waals surface area (Å²) < 4.78 is 14.6. The molecule has 0 aliphatic carbocycles. The molecule has 4 fully saturated rings. The molecule has 0 spiro atoms. The van der Waals surface area contributed by atoms with Gasteiger partial charge in [0, 0.05) is 94.4 Å². The first kappa shape index (κ1) is 40.7. The van der Waals surface area contributed by atoms with Crippen molar-refractivity contribution in [3.63, 3.8) is 0 Å². The van der Waals surface area contributed by atoms with Crippen LogP contribution in [0.2, 0.25) is 0 Å². The molecule has 3 aromatic rings. The summed E-state index contributed by atoms with van der Waals surface area (Å²) in [5.41, 5.74) is 6.22. The number of anilines is 2. The number of unbranched alkanes of at least 4 members (excludes halogenated alkanes) is 1. The molecule has 5 aliphatic rings. The Morgan fingerprint density at radius 3 is 2.34 bits per heavy atom. The number of imide groups is 1. The van der Waals surface area contributed by atoms with Gasteiger partial charge in [0.25, 0.3) is 11.8 Å². The number of benzene rings is 3. The van der Waals surface area contributed by atoms with E-state index in [0.717, 1.165) is 74.7 Å². The molecular formula is C46H57FN8O4. The van der Waals surface area contributed by atoms with Crippen molar-refractivity contribution in [2.75, 3.05) is 89.3 Å². The summed E-state index contributed by atoms with van der Waals surface area (Å²) in [6.45, 7) is 14.7.